The summed E-state index contributed by atoms with van der Waals surface area (Å²) in [4.78, 5) is 2.58. The van der Waals surface area contributed by atoms with Crippen molar-refractivity contribution >= 4 is 34.5 Å². The summed E-state index contributed by atoms with van der Waals surface area (Å²) < 4.78 is 1.63. The Morgan fingerprint density at radius 1 is 1.37 bits per heavy atom. The van der Waals surface area contributed by atoms with Gasteiger partial charge in [-0.1, -0.05) is 37.0 Å². The Hall–Kier alpha value is 0.200. The second-order valence-corrected chi connectivity index (χ2v) is 7.94. The molecule has 2 nitrogen and oxygen atoms in total. The molecule has 5 heteroatoms. The molecule has 2 heterocycles. The minimum absolute atomic E-state index is 0.665. The van der Waals surface area contributed by atoms with E-state index in [4.69, 9.17) is 23.2 Å². The second kappa shape index (κ2) is 7.28. The lowest BCUT2D eigenvalue weighted by Gasteiger charge is -2.35. The molecule has 1 aromatic heterocycles. The highest BCUT2D eigenvalue weighted by Gasteiger charge is 2.23. The fourth-order valence-electron chi connectivity index (χ4n) is 2.68. The van der Waals surface area contributed by atoms with Crippen molar-refractivity contribution in [3.05, 3.63) is 20.3 Å². The normalized spacial score (nSPS) is 17.6. The van der Waals surface area contributed by atoms with Crippen LogP contribution in [0.3, 0.4) is 0 Å². The monoisotopic (exact) mass is 320 g/mol. The number of thiophene rings is 1. The van der Waals surface area contributed by atoms with Crippen molar-refractivity contribution in [3.8, 4) is 0 Å². The molecule has 1 fully saturated rings. The third-order valence-electron chi connectivity index (χ3n) is 3.53. The topological polar surface area (TPSA) is 15.3 Å². The fourth-order valence-corrected chi connectivity index (χ4v) is 4.16. The second-order valence-electron chi connectivity index (χ2n) is 5.65. The van der Waals surface area contributed by atoms with Gasteiger partial charge in [-0.3, -0.25) is 4.90 Å². The third-order valence-corrected chi connectivity index (χ3v) is 5.09. The van der Waals surface area contributed by atoms with Crippen LogP contribution in [0.1, 0.15) is 32.3 Å². The van der Waals surface area contributed by atoms with Gasteiger partial charge in [0.15, 0.2) is 0 Å². The number of hydrogen-bond acceptors (Lipinski definition) is 3. The first kappa shape index (κ1) is 15.6. The molecule has 19 heavy (non-hydrogen) atoms. The maximum absolute atomic E-state index is 6.26. The number of nitrogens with zero attached hydrogens (tertiary/aromatic N) is 1. The molecule has 108 valence electrons. The predicted molar refractivity (Wildman–Crippen MR) is 85.5 cm³/mol. The van der Waals surface area contributed by atoms with Crippen molar-refractivity contribution in [2.24, 2.45) is 5.92 Å². The maximum Gasteiger partial charge on any atom is 0.0989 e. The first-order chi connectivity index (χ1) is 9.06. The van der Waals surface area contributed by atoms with Gasteiger partial charge in [-0.25, -0.2) is 0 Å². The van der Waals surface area contributed by atoms with Crippen molar-refractivity contribution in [2.75, 3.05) is 19.6 Å². The van der Waals surface area contributed by atoms with E-state index in [9.17, 15) is 0 Å². The van der Waals surface area contributed by atoms with Gasteiger partial charge in [-0.05, 0) is 43.5 Å². The minimum atomic E-state index is 0.665. The van der Waals surface area contributed by atoms with E-state index in [1.54, 1.807) is 0 Å². The van der Waals surface area contributed by atoms with Crippen LogP contribution < -0.4 is 5.32 Å². The van der Waals surface area contributed by atoms with Gasteiger partial charge in [0.25, 0.3) is 0 Å². The van der Waals surface area contributed by atoms with Gasteiger partial charge in [0.1, 0.15) is 0 Å². The molecule has 1 aromatic rings. The lowest BCUT2D eigenvalue weighted by atomic mass is 10.0. The number of hydrogen-bond donors (Lipinski definition) is 1. The molecule has 0 aliphatic carbocycles. The molecule has 1 N–H and O–H groups in total. The number of halogens is 2. The summed E-state index contributed by atoms with van der Waals surface area (Å²) in [7, 11) is 0. The van der Waals surface area contributed by atoms with Crippen LogP contribution in [0.25, 0.3) is 0 Å². The first-order valence-corrected chi connectivity index (χ1v) is 8.52. The zero-order valence-corrected chi connectivity index (χ0v) is 13.9. The van der Waals surface area contributed by atoms with Gasteiger partial charge < -0.3 is 5.32 Å². The van der Waals surface area contributed by atoms with Crippen LogP contribution in [0.5, 0.6) is 0 Å². The van der Waals surface area contributed by atoms with Crippen LogP contribution in [0.4, 0.5) is 0 Å². The van der Waals surface area contributed by atoms with Gasteiger partial charge in [-0.15, -0.1) is 11.3 Å². The predicted octanol–water partition coefficient (Wildman–Crippen LogP) is 4.26. The van der Waals surface area contributed by atoms with Crippen LogP contribution in [-0.4, -0.2) is 30.6 Å². The Labute approximate surface area is 130 Å². The molecule has 0 saturated carbocycles. The van der Waals surface area contributed by atoms with E-state index >= 15 is 0 Å². The molecular formula is C14H22Cl2N2S. The quantitative estimate of drug-likeness (QED) is 0.871. The smallest absolute Gasteiger partial charge is 0.0989 e. The lowest BCUT2D eigenvalue weighted by molar-refractivity contribution is 0.137. The number of rotatable bonds is 5. The van der Waals surface area contributed by atoms with Crippen molar-refractivity contribution in [3.63, 3.8) is 0 Å². The largest absolute Gasteiger partial charge is 0.317 e. The number of piperidine rings is 1. The van der Waals surface area contributed by atoms with Crippen LogP contribution in [0.2, 0.25) is 8.67 Å². The highest BCUT2D eigenvalue weighted by Crippen LogP contribution is 2.32. The summed E-state index contributed by atoms with van der Waals surface area (Å²) in [5.41, 5.74) is 1.18. The summed E-state index contributed by atoms with van der Waals surface area (Å²) in [6, 6.07) is 2.68. The summed E-state index contributed by atoms with van der Waals surface area (Å²) >= 11 is 13.8. The average Bonchev–Trinajstić information content (AvgIpc) is 2.67. The molecule has 0 amide bonds. The summed E-state index contributed by atoms with van der Waals surface area (Å²) in [6.45, 7) is 8.83. The molecule has 0 atom stereocenters. The van der Waals surface area contributed by atoms with Gasteiger partial charge in [-0.2, -0.15) is 0 Å². The van der Waals surface area contributed by atoms with Crippen molar-refractivity contribution < 1.29 is 0 Å². The van der Waals surface area contributed by atoms with Crippen LogP contribution in [0.15, 0.2) is 6.07 Å². The van der Waals surface area contributed by atoms with E-state index in [0.29, 0.717) is 12.0 Å². The molecular weight excluding hydrogens is 299 g/mol. The summed E-state index contributed by atoms with van der Waals surface area (Å²) in [5, 5.41) is 3.43. The number of nitrogens with one attached hydrogen (secondary N) is 1. The molecule has 1 aliphatic heterocycles. The molecule has 0 unspecified atom stereocenters. The molecule has 0 radical (unpaired) electrons. The Bertz CT molecular complexity index is 400. The summed E-state index contributed by atoms with van der Waals surface area (Å²) in [6.07, 6.45) is 2.45. The third kappa shape index (κ3) is 4.61. The van der Waals surface area contributed by atoms with Crippen molar-refractivity contribution in [1.29, 1.82) is 0 Å². The zero-order chi connectivity index (χ0) is 13.8. The van der Waals surface area contributed by atoms with Gasteiger partial charge in [0.05, 0.1) is 8.67 Å². The van der Waals surface area contributed by atoms with E-state index in [2.05, 4.69) is 24.1 Å². The first-order valence-electron chi connectivity index (χ1n) is 6.94. The van der Waals surface area contributed by atoms with E-state index in [1.165, 1.54) is 29.7 Å². The Kier molecular flexibility index (Phi) is 5.97. The Morgan fingerprint density at radius 2 is 2.05 bits per heavy atom. The summed E-state index contributed by atoms with van der Waals surface area (Å²) in [5.74, 6) is 0.669. The highest BCUT2D eigenvalue weighted by atomic mass is 35.5. The lowest BCUT2D eigenvalue weighted by Crippen LogP contribution is -2.44. The molecule has 0 aromatic carbocycles. The standard InChI is InChI=1S/C14H22Cl2N2S/c1-10(2)8-18(12-3-5-17-6-4-12)9-11-7-13(15)19-14(11)16/h7,10,12,17H,3-6,8-9H2,1-2H3. The van der Waals surface area contributed by atoms with Gasteiger partial charge in [0.2, 0.25) is 0 Å². The van der Waals surface area contributed by atoms with Gasteiger partial charge in [0, 0.05) is 19.1 Å². The van der Waals surface area contributed by atoms with Crippen LogP contribution in [-0.2, 0) is 6.54 Å². The fraction of sp³-hybridized carbons (Fsp3) is 0.714. The minimum Gasteiger partial charge on any atom is -0.317 e. The van der Waals surface area contributed by atoms with Crippen LogP contribution in [0, 0.1) is 5.92 Å². The maximum atomic E-state index is 6.26. The molecule has 0 bridgehead atoms. The zero-order valence-electron chi connectivity index (χ0n) is 11.6. The molecule has 2 rings (SSSR count). The molecule has 1 aliphatic rings. The van der Waals surface area contributed by atoms with E-state index in [1.807, 2.05) is 6.07 Å². The van der Waals surface area contributed by atoms with E-state index in [0.717, 1.165) is 34.9 Å². The van der Waals surface area contributed by atoms with Crippen molar-refractivity contribution in [1.82, 2.24) is 10.2 Å². The molecule has 1 saturated heterocycles. The average molecular weight is 321 g/mol. The van der Waals surface area contributed by atoms with E-state index < -0.39 is 0 Å². The van der Waals surface area contributed by atoms with Gasteiger partial charge >= 0.3 is 0 Å². The SMILES string of the molecule is CC(C)CN(Cc1cc(Cl)sc1Cl)C1CCNCC1. The van der Waals surface area contributed by atoms with Crippen LogP contribution >= 0.6 is 34.5 Å². The highest BCUT2D eigenvalue weighted by molar-refractivity contribution is 7.20. The van der Waals surface area contributed by atoms with Crippen molar-refractivity contribution in [2.45, 2.75) is 39.3 Å². The Morgan fingerprint density at radius 3 is 2.58 bits per heavy atom. The molecule has 0 spiro atoms. The Balaban J connectivity index is 2.06. The van der Waals surface area contributed by atoms with E-state index in [-0.39, 0.29) is 0 Å².